The predicted octanol–water partition coefficient (Wildman–Crippen LogP) is 2.55. The third-order valence-electron chi connectivity index (χ3n) is 2.34. The molecule has 0 fully saturated rings. The molecule has 0 radical (unpaired) electrons. The third-order valence-corrected chi connectivity index (χ3v) is 2.34. The van der Waals surface area contributed by atoms with E-state index >= 15 is 0 Å². The second kappa shape index (κ2) is 6.78. The van der Waals surface area contributed by atoms with Gasteiger partial charge in [-0.1, -0.05) is 6.92 Å². The summed E-state index contributed by atoms with van der Waals surface area (Å²) in [5.41, 5.74) is 0.831. The summed E-state index contributed by atoms with van der Waals surface area (Å²) in [6, 6.07) is 5.41. The summed E-state index contributed by atoms with van der Waals surface area (Å²) < 4.78 is 15.4. The van der Waals surface area contributed by atoms with Gasteiger partial charge in [0.25, 0.3) is 0 Å². The SMILES string of the molecule is CCCC(=O)OCc1ccc(OC)cc1OC. The molecule has 0 heterocycles. The van der Waals surface area contributed by atoms with Crippen molar-refractivity contribution < 1.29 is 19.0 Å². The molecule has 0 amide bonds. The number of rotatable bonds is 6. The van der Waals surface area contributed by atoms with Crippen LogP contribution in [0, 0.1) is 0 Å². The molecule has 4 nitrogen and oxygen atoms in total. The summed E-state index contributed by atoms with van der Waals surface area (Å²) >= 11 is 0. The molecule has 1 aromatic rings. The number of esters is 1. The van der Waals surface area contributed by atoms with E-state index in [4.69, 9.17) is 14.2 Å². The zero-order chi connectivity index (χ0) is 12.7. The number of carbonyl (C=O) groups excluding carboxylic acids is 1. The van der Waals surface area contributed by atoms with Crippen LogP contribution in [0.2, 0.25) is 0 Å². The van der Waals surface area contributed by atoms with Crippen molar-refractivity contribution in [3.8, 4) is 11.5 Å². The molecule has 0 bridgehead atoms. The van der Waals surface area contributed by atoms with E-state index in [0.29, 0.717) is 17.9 Å². The molecule has 0 saturated heterocycles. The number of hydrogen-bond acceptors (Lipinski definition) is 4. The lowest BCUT2D eigenvalue weighted by atomic mass is 10.2. The molecule has 0 aliphatic rings. The van der Waals surface area contributed by atoms with Crippen molar-refractivity contribution >= 4 is 5.97 Å². The molecule has 0 N–H and O–H groups in total. The van der Waals surface area contributed by atoms with Crippen LogP contribution >= 0.6 is 0 Å². The molecule has 4 heteroatoms. The van der Waals surface area contributed by atoms with Crippen molar-refractivity contribution in [1.29, 1.82) is 0 Å². The summed E-state index contributed by atoms with van der Waals surface area (Å²) in [6.07, 6.45) is 1.23. The zero-order valence-electron chi connectivity index (χ0n) is 10.5. The Morgan fingerprint density at radius 1 is 1.24 bits per heavy atom. The Hall–Kier alpha value is -1.71. The molecule has 0 aliphatic heterocycles. The maximum absolute atomic E-state index is 11.3. The summed E-state index contributed by atoms with van der Waals surface area (Å²) in [5.74, 6) is 1.18. The maximum Gasteiger partial charge on any atom is 0.306 e. The summed E-state index contributed by atoms with van der Waals surface area (Å²) in [5, 5.41) is 0. The second-order valence-electron chi connectivity index (χ2n) is 3.59. The van der Waals surface area contributed by atoms with E-state index in [1.54, 1.807) is 20.3 Å². The minimum atomic E-state index is -0.189. The standard InChI is InChI=1S/C13H18O4/c1-4-5-13(14)17-9-10-6-7-11(15-2)8-12(10)16-3/h6-8H,4-5,9H2,1-3H3. The average Bonchev–Trinajstić information content (AvgIpc) is 2.36. The van der Waals surface area contributed by atoms with Crippen LogP contribution in [-0.2, 0) is 16.1 Å². The molecule has 94 valence electrons. The highest BCUT2D eigenvalue weighted by Crippen LogP contribution is 2.25. The van der Waals surface area contributed by atoms with E-state index in [0.717, 1.165) is 12.0 Å². The summed E-state index contributed by atoms with van der Waals surface area (Å²) in [4.78, 5) is 11.3. The van der Waals surface area contributed by atoms with Crippen molar-refractivity contribution in [3.05, 3.63) is 23.8 Å². The molecule has 1 rings (SSSR count). The topological polar surface area (TPSA) is 44.8 Å². The highest BCUT2D eigenvalue weighted by atomic mass is 16.5. The fourth-order valence-electron chi connectivity index (χ4n) is 1.41. The summed E-state index contributed by atoms with van der Waals surface area (Å²) in [6.45, 7) is 2.17. The molecule has 0 aromatic heterocycles. The Balaban J connectivity index is 2.67. The fourth-order valence-corrected chi connectivity index (χ4v) is 1.41. The number of carbonyl (C=O) groups is 1. The van der Waals surface area contributed by atoms with Gasteiger partial charge in [-0.25, -0.2) is 0 Å². The predicted molar refractivity (Wildman–Crippen MR) is 64.3 cm³/mol. The average molecular weight is 238 g/mol. The van der Waals surface area contributed by atoms with E-state index in [2.05, 4.69) is 0 Å². The van der Waals surface area contributed by atoms with Gasteiger partial charge in [-0.05, 0) is 18.6 Å². The van der Waals surface area contributed by atoms with Gasteiger partial charge in [0.15, 0.2) is 0 Å². The first kappa shape index (κ1) is 13.4. The van der Waals surface area contributed by atoms with Crippen molar-refractivity contribution in [3.63, 3.8) is 0 Å². The first-order valence-corrected chi connectivity index (χ1v) is 5.57. The van der Waals surface area contributed by atoms with Gasteiger partial charge < -0.3 is 14.2 Å². The van der Waals surface area contributed by atoms with E-state index in [9.17, 15) is 4.79 Å². The monoisotopic (exact) mass is 238 g/mol. The Labute approximate surface area is 101 Å². The lowest BCUT2D eigenvalue weighted by Crippen LogP contribution is -2.04. The van der Waals surface area contributed by atoms with Crippen LogP contribution in [0.1, 0.15) is 25.3 Å². The summed E-state index contributed by atoms with van der Waals surface area (Å²) in [7, 11) is 3.17. The normalized spacial score (nSPS) is 9.82. The van der Waals surface area contributed by atoms with Crippen LogP contribution in [0.4, 0.5) is 0 Å². The first-order valence-electron chi connectivity index (χ1n) is 5.57. The molecular weight excluding hydrogens is 220 g/mol. The fraction of sp³-hybridized carbons (Fsp3) is 0.462. The Morgan fingerprint density at radius 3 is 2.59 bits per heavy atom. The second-order valence-corrected chi connectivity index (χ2v) is 3.59. The third kappa shape index (κ3) is 3.98. The van der Waals surface area contributed by atoms with Crippen LogP contribution in [0.15, 0.2) is 18.2 Å². The van der Waals surface area contributed by atoms with Crippen LogP contribution in [0.5, 0.6) is 11.5 Å². The number of benzene rings is 1. The van der Waals surface area contributed by atoms with Gasteiger partial charge in [-0.2, -0.15) is 0 Å². The van der Waals surface area contributed by atoms with Gasteiger partial charge >= 0.3 is 5.97 Å². The van der Waals surface area contributed by atoms with Gasteiger partial charge in [0, 0.05) is 18.1 Å². The molecule has 0 spiro atoms. The van der Waals surface area contributed by atoms with Crippen LogP contribution in [0.3, 0.4) is 0 Å². The zero-order valence-corrected chi connectivity index (χ0v) is 10.5. The van der Waals surface area contributed by atoms with E-state index in [1.807, 2.05) is 19.1 Å². The quantitative estimate of drug-likeness (QED) is 0.714. The highest BCUT2D eigenvalue weighted by molar-refractivity contribution is 5.69. The smallest absolute Gasteiger partial charge is 0.306 e. The number of methoxy groups -OCH3 is 2. The molecule has 0 saturated carbocycles. The first-order chi connectivity index (χ1) is 8.21. The van der Waals surface area contributed by atoms with Gasteiger partial charge in [0.1, 0.15) is 18.1 Å². The number of hydrogen-bond donors (Lipinski definition) is 0. The Kier molecular flexibility index (Phi) is 5.33. The largest absolute Gasteiger partial charge is 0.497 e. The van der Waals surface area contributed by atoms with Crippen molar-refractivity contribution in [1.82, 2.24) is 0 Å². The lowest BCUT2D eigenvalue weighted by Gasteiger charge is -2.10. The van der Waals surface area contributed by atoms with Crippen LogP contribution in [0.25, 0.3) is 0 Å². The minimum absolute atomic E-state index is 0.189. The van der Waals surface area contributed by atoms with E-state index < -0.39 is 0 Å². The van der Waals surface area contributed by atoms with Crippen LogP contribution < -0.4 is 9.47 Å². The lowest BCUT2D eigenvalue weighted by molar-refractivity contribution is -0.145. The molecule has 0 unspecified atom stereocenters. The van der Waals surface area contributed by atoms with E-state index in [1.165, 1.54) is 0 Å². The minimum Gasteiger partial charge on any atom is -0.497 e. The van der Waals surface area contributed by atoms with Gasteiger partial charge in [0.05, 0.1) is 14.2 Å². The van der Waals surface area contributed by atoms with Crippen molar-refractivity contribution in [2.45, 2.75) is 26.4 Å². The van der Waals surface area contributed by atoms with Gasteiger partial charge in [-0.15, -0.1) is 0 Å². The van der Waals surface area contributed by atoms with Crippen molar-refractivity contribution in [2.75, 3.05) is 14.2 Å². The maximum atomic E-state index is 11.3. The van der Waals surface area contributed by atoms with Crippen molar-refractivity contribution in [2.24, 2.45) is 0 Å². The molecular formula is C13H18O4. The molecule has 0 atom stereocenters. The molecule has 1 aromatic carbocycles. The molecule has 0 aliphatic carbocycles. The van der Waals surface area contributed by atoms with Gasteiger partial charge in [0.2, 0.25) is 0 Å². The molecule has 17 heavy (non-hydrogen) atoms. The Bertz CT molecular complexity index is 374. The van der Waals surface area contributed by atoms with Crippen LogP contribution in [-0.4, -0.2) is 20.2 Å². The number of ether oxygens (including phenoxy) is 3. The van der Waals surface area contributed by atoms with Gasteiger partial charge in [-0.3, -0.25) is 4.79 Å². The van der Waals surface area contributed by atoms with E-state index in [-0.39, 0.29) is 12.6 Å². The highest BCUT2D eigenvalue weighted by Gasteiger charge is 2.07. The Morgan fingerprint density at radius 2 is 2.00 bits per heavy atom.